The normalized spacial score (nSPS) is 11.8. The molecule has 0 atom stereocenters. The zero-order valence-electron chi connectivity index (χ0n) is 11.8. The lowest BCUT2D eigenvalue weighted by Crippen LogP contribution is -2.30. The van der Waals surface area contributed by atoms with Crippen molar-refractivity contribution in [1.29, 1.82) is 0 Å². The summed E-state index contributed by atoms with van der Waals surface area (Å²) < 4.78 is 23.5. The fourth-order valence-electron chi connectivity index (χ4n) is 1.89. The number of carbonyl (C=O) groups excluding carboxylic acids is 1. The van der Waals surface area contributed by atoms with Gasteiger partial charge in [0.25, 0.3) is 15.0 Å². The fourth-order valence-corrected chi connectivity index (χ4v) is 4.04. The minimum absolute atomic E-state index is 0.0829. The van der Waals surface area contributed by atoms with E-state index in [0.29, 0.717) is 28.1 Å². The van der Waals surface area contributed by atoms with E-state index in [1.165, 1.54) is 6.07 Å². The molecule has 0 aliphatic carbocycles. The van der Waals surface area contributed by atoms with Crippen LogP contribution in [0.5, 0.6) is 0 Å². The fraction of sp³-hybridized carbons (Fsp3) is 0.462. The predicted octanol–water partition coefficient (Wildman–Crippen LogP) is 3.41. The van der Waals surface area contributed by atoms with Crippen LogP contribution in [0.25, 0.3) is 0 Å². The molecule has 0 heterocycles. The lowest BCUT2D eigenvalue weighted by molar-refractivity contribution is 0.0779. The molecule has 0 bridgehead atoms. The highest BCUT2D eigenvalue weighted by Crippen LogP contribution is 2.30. The third-order valence-corrected chi connectivity index (χ3v) is 5.38. The minimum Gasteiger partial charge on any atom is -0.341 e. The van der Waals surface area contributed by atoms with Gasteiger partial charge in [0.05, 0.1) is 4.90 Å². The Labute approximate surface area is 132 Å². The summed E-state index contributed by atoms with van der Waals surface area (Å²) in [5.74, 6) is 0.104. The molecular formula is C13H17BrClNO3S. The second-order valence-corrected chi connectivity index (χ2v) is 8.45. The highest BCUT2D eigenvalue weighted by molar-refractivity contribution is 9.10. The summed E-state index contributed by atoms with van der Waals surface area (Å²) in [6, 6.07) is 2.95. The molecular weight excluding hydrogens is 366 g/mol. The van der Waals surface area contributed by atoms with Gasteiger partial charge in [0, 0.05) is 34.3 Å². The number of rotatable bonds is 4. The molecule has 0 saturated heterocycles. The smallest absolute Gasteiger partial charge is 0.262 e. The second kappa shape index (κ2) is 6.45. The Balaban J connectivity index is 3.28. The van der Waals surface area contributed by atoms with Crippen LogP contribution in [-0.2, 0) is 9.05 Å². The molecule has 0 aromatic heterocycles. The van der Waals surface area contributed by atoms with Crippen molar-refractivity contribution in [3.05, 3.63) is 27.7 Å². The summed E-state index contributed by atoms with van der Waals surface area (Å²) in [7, 11) is 3.18. The van der Waals surface area contributed by atoms with Gasteiger partial charge in [0.15, 0.2) is 0 Å². The average molecular weight is 383 g/mol. The van der Waals surface area contributed by atoms with Gasteiger partial charge >= 0.3 is 0 Å². The summed E-state index contributed by atoms with van der Waals surface area (Å²) in [6.45, 7) is 6.32. The van der Waals surface area contributed by atoms with E-state index < -0.39 is 9.05 Å². The van der Waals surface area contributed by atoms with Gasteiger partial charge in [-0.2, -0.15) is 0 Å². The van der Waals surface area contributed by atoms with E-state index in [1.54, 1.807) is 24.9 Å². The summed E-state index contributed by atoms with van der Waals surface area (Å²) >= 11 is 3.19. The summed E-state index contributed by atoms with van der Waals surface area (Å²) in [5.41, 5.74) is 0.959. The molecule has 0 radical (unpaired) electrons. The van der Waals surface area contributed by atoms with Gasteiger partial charge in [-0.05, 0) is 46.5 Å². The quantitative estimate of drug-likeness (QED) is 0.750. The Morgan fingerprint density at radius 1 is 1.40 bits per heavy atom. The summed E-state index contributed by atoms with van der Waals surface area (Å²) in [5, 5.41) is 0. The number of hydrogen-bond donors (Lipinski definition) is 0. The maximum Gasteiger partial charge on any atom is 0.262 e. The first-order chi connectivity index (χ1) is 9.04. The van der Waals surface area contributed by atoms with E-state index in [2.05, 4.69) is 15.9 Å². The van der Waals surface area contributed by atoms with Crippen molar-refractivity contribution in [2.24, 2.45) is 5.92 Å². The van der Waals surface area contributed by atoms with Crippen molar-refractivity contribution in [1.82, 2.24) is 4.90 Å². The first-order valence-corrected chi connectivity index (χ1v) is 9.14. The monoisotopic (exact) mass is 381 g/mol. The number of halogens is 2. The molecule has 1 aromatic rings. The SMILES string of the molecule is Cc1cc(C(=O)N(C)CC(C)C)cc(S(=O)(=O)Cl)c1Br. The van der Waals surface area contributed by atoms with Crippen LogP contribution in [0.2, 0.25) is 0 Å². The molecule has 1 rings (SSSR count). The molecule has 20 heavy (non-hydrogen) atoms. The molecule has 0 saturated carbocycles. The highest BCUT2D eigenvalue weighted by Gasteiger charge is 2.21. The van der Waals surface area contributed by atoms with Crippen LogP contribution in [0.3, 0.4) is 0 Å². The number of amides is 1. The van der Waals surface area contributed by atoms with E-state index >= 15 is 0 Å². The van der Waals surface area contributed by atoms with E-state index in [4.69, 9.17) is 10.7 Å². The maximum absolute atomic E-state index is 12.3. The Hall–Kier alpha value is -0.590. The summed E-state index contributed by atoms with van der Waals surface area (Å²) in [6.07, 6.45) is 0. The van der Waals surface area contributed by atoms with E-state index in [9.17, 15) is 13.2 Å². The third kappa shape index (κ3) is 4.20. The zero-order chi connectivity index (χ0) is 15.7. The Bertz CT molecular complexity index is 629. The van der Waals surface area contributed by atoms with Gasteiger partial charge < -0.3 is 4.90 Å². The van der Waals surface area contributed by atoms with Gasteiger partial charge in [-0.25, -0.2) is 8.42 Å². The Morgan fingerprint density at radius 3 is 2.40 bits per heavy atom. The van der Waals surface area contributed by atoms with Crippen LogP contribution in [0.15, 0.2) is 21.5 Å². The van der Waals surface area contributed by atoms with Crippen LogP contribution >= 0.6 is 26.6 Å². The van der Waals surface area contributed by atoms with E-state index in [0.717, 1.165) is 0 Å². The van der Waals surface area contributed by atoms with Crippen molar-refractivity contribution in [2.45, 2.75) is 25.7 Å². The zero-order valence-corrected chi connectivity index (χ0v) is 14.9. The molecule has 1 aromatic carbocycles. The predicted molar refractivity (Wildman–Crippen MR) is 83.7 cm³/mol. The molecule has 0 aliphatic rings. The lowest BCUT2D eigenvalue weighted by atomic mass is 10.1. The van der Waals surface area contributed by atoms with Gasteiger partial charge in [0.1, 0.15) is 0 Å². The highest BCUT2D eigenvalue weighted by atomic mass is 79.9. The van der Waals surface area contributed by atoms with Crippen LogP contribution in [0, 0.1) is 12.8 Å². The lowest BCUT2D eigenvalue weighted by Gasteiger charge is -2.20. The van der Waals surface area contributed by atoms with E-state index in [1.807, 2.05) is 13.8 Å². The molecule has 4 nitrogen and oxygen atoms in total. The number of benzene rings is 1. The van der Waals surface area contributed by atoms with Crippen LogP contribution in [0.1, 0.15) is 29.8 Å². The molecule has 7 heteroatoms. The van der Waals surface area contributed by atoms with Gasteiger partial charge in [0.2, 0.25) is 0 Å². The van der Waals surface area contributed by atoms with Crippen molar-refractivity contribution < 1.29 is 13.2 Å². The van der Waals surface area contributed by atoms with Gasteiger partial charge in [-0.1, -0.05) is 13.8 Å². The van der Waals surface area contributed by atoms with Crippen LogP contribution < -0.4 is 0 Å². The number of hydrogen-bond acceptors (Lipinski definition) is 3. The van der Waals surface area contributed by atoms with Crippen molar-refractivity contribution >= 4 is 41.6 Å². The summed E-state index contributed by atoms with van der Waals surface area (Å²) in [4.78, 5) is 13.8. The molecule has 0 unspecified atom stereocenters. The first kappa shape index (κ1) is 17.5. The standard InChI is InChI=1S/C13H17BrClNO3S/c1-8(2)7-16(4)13(17)10-5-9(3)12(14)11(6-10)20(15,18)19/h5-6,8H,7H2,1-4H3. The van der Waals surface area contributed by atoms with Crippen LogP contribution in [-0.4, -0.2) is 32.8 Å². The van der Waals surface area contributed by atoms with E-state index in [-0.39, 0.29) is 10.8 Å². The van der Waals surface area contributed by atoms with Gasteiger partial charge in [-0.3, -0.25) is 4.79 Å². The molecule has 0 aliphatic heterocycles. The molecule has 0 fully saturated rings. The molecule has 1 amide bonds. The number of carbonyl (C=O) groups is 1. The first-order valence-electron chi connectivity index (χ1n) is 6.04. The average Bonchev–Trinajstić information content (AvgIpc) is 2.29. The minimum atomic E-state index is -3.91. The topological polar surface area (TPSA) is 54.5 Å². The third-order valence-electron chi connectivity index (χ3n) is 2.72. The molecule has 0 spiro atoms. The van der Waals surface area contributed by atoms with Crippen molar-refractivity contribution in [3.63, 3.8) is 0 Å². The van der Waals surface area contributed by atoms with Crippen LogP contribution in [0.4, 0.5) is 0 Å². The number of nitrogens with zero attached hydrogens (tertiary/aromatic N) is 1. The Kier molecular flexibility index (Phi) is 5.63. The Morgan fingerprint density at radius 2 is 1.95 bits per heavy atom. The van der Waals surface area contributed by atoms with Crippen molar-refractivity contribution in [3.8, 4) is 0 Å². The largest absolute Gasteiger partial charge is 0.341 e. The second-order valence-electron chi connectivity index (χ2n) is 5.12. The maximum atomic E-state index is 12.3. The van der Waals surface area contributed by atoms with Crippen molar-refractivity contribution in [2.75, 3.05) is 13.6 Å². The van der Waals surface area contributed by atoms with Gasteiger partial charge in [-0.15, -0.1) is 0 Å². The molecule has 0 N–H and O–H groups in total. The number of aryl methyl sites for hydroxylation is 1. The molecule has 112 valence electrons.